The third-order valence-electron chi connectivity index (χ3n) is 26.4. The average Bonchev–Trinajstić information content (AvgIpc) is 1.46. The Morgan fingerprint density at radius 1 is 0.491 bits per heavy atom. The zero-order valence-corrected chi connectivity index (χ0v) is 62.8. The molecule has 5 aliphatic carbocycles. The maximum Gasteiger partial charge on any atom is 0.425 e. The predicted molar refractivity (Wildman–Crippen MR) is 418 cm³/mol. The summed E-state index contributed by atoms with van der Waals surface area (Å²) in [6.45, 7) is 9.57. The van der Waals surface area contributed by atoms with Crippen molar-refractivity contribution in [1.82, 2.24) is 0 Å². The van der Waals surface area contributed by atoms with Gasteiger partial charge in [-0.1, -0.05) is 146 Å². The third-order valence-corrected chi connectivity index (χ3v) is 26.4. The van der Waals surface area contributed by atoms with Crippen LogP contribution in [0.5, 0.6) is 28.7 Å². The quantitative estimate of drug-likeness (QED) is 0.0396. The number of ether oxygens (including phenoxy) is 5. The van der Waals surface area contributed by atoms with Crippen molar-refractivity contribution in [2.24, 2.45) is 47.3 Å². The summed E-state index contributed by atoms with van der Waals surface area (Å²) in [5.41, 5.74) is 0.749. The molecule has 3 aliphatic heterocycles. The largest absolute Gasteiger partial charge is 0.497 e. The molecule has 1 atom stereocenters. The molecule has 0 spiro atoms. The van der Waals surface area contributed by atoms with Crippen LogP contribution in [0.15, 0.2) is 140 Å². The minimum atomic E-state index is -5.13. The maximum absolute atomic E-state index is 16.4. The lowest BCUT2D eigenvalue weighted by Crippen LogP contribution is -2.49. The predicted octanol–water partition coefficient (Wildman–Crippen LogP) is 20.8. The number of unbranched alkanes of at least 4 members (excludes halogenated alkanes) is 4. The molecule has 15 rings (SSSR count). The lowest BCUT2D eigenvalue weighted by molar-refractivity contribution is -0.246. The van der Waals surface area contributed by atoms with Crippen molar-refractivity contribution in [3.8, 4) is 39.9 Å². The first kappa shape index (κ1) is 73.3. The molecule has 2 saturated heterocycles. The number of alkyl halides is 3. The van der Waals surface area contributed by atoms with Gasteiger partial charge < -0.3 is 48.4 Å². The number of esters is 2. The molecule has 0 radical (unpaired) electrons. The van der Waals surface area contributed by atoms with Crippen LogP contribution < -0.4 is 43.3 Å². The number of rotatable bonds is 22. The summed E-state index contributed by atoms with van der Waals surface area (Å²) in [4.78, 5) is 36.9. The number of benzene rings is 7. The Hall–Kier alpha value is -8.17. The summed E-state index contributed by atoms with van der Waals surface area (Å²) in [6.07, 6.45) is 28.0. The Balaban J connectivity index is 0.698. The minimum Gasteiger partial charge on any atom is -0.497 e. The minimum absolute atomic E-state index is 0.0773. The number of hydrogen-bond donors (Lipinski definition) is 1. The molecule has 562 valence electrons. The SMILES string of the molecule is CCCCCC1CCC(C2CCC(C(=O)Oc3ccc(N4CCN(c5cc6c7c(c8c(c6cc5N5CCN(c6ccc(OC(=O)C9CCC(C%10CCC(CCCCC)CC%10)CC9)cc6)CC5)-c5ccccc5C8(O)C(F)(F)F)C=CC(c5ccc(OC)cc5)(c5ccc(OC)cc5)O7)CC4)cc3)CC2)CC1. The molecule has 12 nitrogen and oxygen atoms in total. The molecule has 4 saturated carbocycles. The van der Waals surface area contributed by atoms with Gasteiger partial charge in [0.15, 0.2) is 5.60 Å². The Bertz CT molecular complexity index is 4140. The zero-order chi connectivity index (χ0) is 73.1. The van der Waals surface area contributed by atoms with Gasteiger partial charge in [0.1, 0.15) is 28.7 Å². The molecule has 106 heavy (non-hydrogen) atoms. The lowest BCUT2D eigenvalue weighted by Gasteiger charge is -2.42. The fourth-order valence-electron chi connectivity index (χ4n) is 20.1. The molecular weight excluding hydrogens is 1330 g/mol. The van der Waals surface area contributed by atoms with Gasteiger partial charge in [-0.2, -0.15) is 13.2 Å². The van der Waals surface area contributed by atoms with Crippen LogP contribution in [0.25, 0.3) is 28.0 Å². The molecule has 6 fully saturated rings. The molecule has 15 heteroatoms. The molecule has 0 aromatic heterocycles. The van der Waals surface area contributed by atoms with Crippen molar-refractivity contribution in [3.63, 3.8) is 0 Å². The first-order chi connectivity index (χ1) is 51.6. The second kappa shape index (κ2) is 31.9. The molecule has 0 amide bonds. The van der Waals surface area contributed by atoms with Gasteiger partial charge in [0.2, 0.25) is 5.60 Å². The number of halogens is 3. The summed E-state index contributed by atoms with van der Waals surface area (Å²) >= 11 is 0. The van der Waals surface area contributed by atoms with E-state index in [-0.39, 0.29) is 46.2 Å². The number of fused-ring (bicyclic) bond motifs is 8. The summed E-state index contributed by atoms with van der Waals surface area (Å²) in [5, 5.41) is 14.0. The highest BCUT2D eigenvalue weighted by molar-refractivity contribution is 6.11. The number of hydrogen-bond acceptors (Lipinski definition) is 12. The van der Waals surface area contributed by atoms with Crippen molar-refractivity contribution >= 4 is 51.5 Å². The maximum atomic E-state index is 16.4. The van der Waals surface area contributed by atoms with E-state index in [4.69, 9.17) is 23.7 Å². The molecule has 1 N–H and O–H groups in total. The fraction of sp³-hybridized carbons (Fsp3) is 0.516. The van der Waals surface area contributed by atoms with Crippen LogP contribution >= 0.6 is 0 Å². The van der Waals surface area contributed by atoms with E-state index in [2.05, 4.69) is 57.7 Å². The number of anilines is 4. The average molecular weight is 1440 g/mol. The van der Waals surface area contributed by atoms with Crippen LogP contribution in [-0.4, -0.2) is 89.8 Å². The summed E-state index contributed by atoms with van der Waals surface area (Å²) in [5.74, 6) is 6.99. The van der Waals surface area contributed by atoms with Crippen LogP contribution in [0, 0.1) is 47.3 Å². The first-order valence-corrected chi connectivity index (χ1v) is 40.5. The van der Waals surface area contributed by atoms with E-state index < -0.39 is 17.4 Å². The van der Waals surface area contributed by atoms with Crippen LogP contribution in [-0.2, 0) is 20.8 Å². The number of piperazine rings is 2. The van der Waals surface area contributed by atoms with Gasteiger partial charge in [-0.3, -0.25) is 9.59 Å². The first-order valence-electron chi connectivity index (χ1n) is 40.5. The summed E-state index contributed by atoms with van der Waals surface area (Å²) in [6, 6.07) is 41.5. The number of carbonyl (C=O) groups is 2. The standard InChI is InChI=1S/C91H109F3N4O8/c1-5-7-9-13-61-17-21-63(22-18-61)65-25-29-67(30-26-65)87(99)104-75-45-37-71(38-46-75)95-51-55-97(56-52-95)82-59-79-80(60-83(82)98-57-53-96(54-58-98)72-39-47-76(48-40-72)105-88(100)68-31-27-66(28-32-68)64-23-19-62(20-24-64)14-10-8-6-2)86-78(85-84(79)77-15-11-12-16-81(77)90(85,101)91(92,93)94)49-50-89(106-86,69-33-41-73(102-3)42-34-69)70-35-43-74(103-4)44-36-70/h11-12,15-16,33-50,59-68,101H,5-10,13-14,17-32,51-58H2,1-4H3. The van der Waals surface area contributed by atoms with E-state index in [0.29, 0.717) is 114 Å². The normalized spacial score (nSPS) is 25.1. The number of aliphatic hydroxyl groups is 1. The Morgan fingerprint density at radius 3 is 1.30 bits per heavy atom. The summed E-state index contributed by atoms with van der Waals surface area (Å²) in [7, 11) is 3.20. The van der Waals surface area contributed by atoms with Crippen molar-refractivity contribution in [1.29, 1.82) is 0 Å². The van der Waals surface area contributed by atoms with Crippen molar-refractivity contribution in [2.75, 3.05) is 86.2 Å². The highest BCUT2D eigenvalue weighted by Crippen LogP contribution is 2.63. The van der Waals surface area contributed by atoms with E-state index in [1.807, 2.05) is 91.0 Å². The molecule has 8 aliphatic rings. The van der Waals surface area contributed by atoms with Gasteiger partial charge in [-0.25, -0.2) is 0 Å². The molecular formula is C91H109F3N4O8. The van der Waals surface area contributed by atoms with E-state index in [1.165, 1.54) is 109 Å². The zero-order valence-electron chi connectivity index (χ0n) is 62.8. The van der Waals surface area contributed by atoms with Gasteiger partial charge in [0, 0.05) is 96.9 Å². The lowest BCUT2D eigenvalue weighted by atomic mass is 9.68. The topological polar surface area (TPSA) is 113 Å². The molecule has 3 heterocycles. The van der Waals surface area contributed by atoms with Crippen LogP contribution in [0.2, 0.25) is 0 Å². The Labute approximate surface area is 625 Å². The van der Waals surface area contributed by atoms with Crippen molar-refractivity contribution in [3.05, 3.63) is 167 Å². The Morgan fingerprint density at radius 2 is 0.887 bits per heavy atom. The van der Waals surface area contributed by atoms with Crippen molar-refractivity contribution in [2.45, 2.75) is 185 Å². The number of methoxy groups -OCH3 is 2. The van der Waals surface area contributed by atoms with E-state index in [9.17, 15) is 14.7 Å². The number of nitrogens with zero attached hydrogens (tertiary/aromatic N) is 4. The van der Waals surface area contributed by atoms with E-state index in [1.54, 1.807) is 38.5 Å². The van der Waals surface area contributed by atoms with Crippen LogP contribution in [0.1, 0.15) is 196 Å². The van der Waals surface area contributed by atoms with Crippen LogP contribution in [0.3, 0.4) is 0 Å². The monoisotopic (exact) mass is 1440 g/mol. The third kappa shape index (κ3) is 14.9. The Kier molecular flexibility index (Phi) is 22.1. The van der Waals surface area contributed by atoms with E-state index in [0.717, 1.165) is 104 Å². The highest BCUT2D eigenvalue weighted by atomic mass is 19.4. The van der Waals surface area contributed by atoms with Gasteiger partial charge >= 0.3 is 18.1 Å². The highest BCUT2D eigenvalue weighted by Gasteiger charge is 2.63. The second-order valence-electron chi connectivity index (χ2n) is 32.3. The molecule has 7 aromatic carbocycles. The molecule has 0 bridgehead atoms. The fourth-order valence-corrected chi connectivity index (χ4v) is 20.1. The molecule has 7 aromatic rings. The van der Waals surface area contributed by atoms with Gasteiger partial charge in [0.05, 0.1) is 37.4 Å². The van der Waals surface area contributed by atoms with Gasteiger partial charge in [0.25, 0.3) is 0 Å². The smallest absolute Gasteiger partial charge is 0.425 e. The van der Waals surface area contributed by atoms with Gasteiger partial charge in [-0.15, -0.1) is 0 Å². The summed E-state index contributed by atoms with van der Waals surface area (Å²) < 4.78 is 80.3. The van der Waals surface area contributed by atoms with E-state index >= 15 is 13.2 Å². The number of carbonyl (C=O) groups excluding carboxylic acids is 2. The van der Waals surface area contributed by atoms with Crippen LogP contribution in [0.4, 0.5) is 35.9 Å². The van der Waals surface area contributed by atoms with Crippen molar-refractivity contribution < 1.29 is 51.6 Å². The second-order valence-corrected chi connectivity index (χ2v) is 32.3. The molecule has 1 unspecified atom stereocenters. The van der Waals surface area contributed by atoms with Gasteiger partial charge in [-0.05, 0) is 220 Å².